The van der Waals surface area contributed by atoms with Crippen molar-refractivity contribution in [3.05, 3.63) is 16.6 Å². The van der Waals surface area contributed by atoms with Gasteiger partial charge in [-0.2, -0.15) is 0 Å². The summed E-state index contributed by atoms with van der Waals surface area (Å²) in [6.07, 6.45) is 0. The minimum absolute atomic E-state index is 0.503. The summed E-state index contributed by atoms with van der Waals surface area (Å²) in [4.78, 5) is 8.74. The molecule has 70 valence electrons. The summed E-state index contributed by atoms with van der Waals surface area (Å²) >= 11 is 5.32. The lowest BCUT2D eigenvalue weighted by molar-refractivity contribution is 0.867. The van der Waals surface area contributed by atoms with Crippen LogP contribution in [0.25, 0.3) is 0 Å². The van der Waals surface area contributed by atoms with Crippen LogP contribution in [0.15, 0.2) is 15.9 Å². The van der Waals surface area contributed by atoms with Crippen molar-refractivity contribution in [1.29, 1.82) is 0 Å². The summed E-state index contributed by atoms with van der Waals surface area (Å²) < 4.78 is 1.22. The van der Waals surface area contributed by atoms with Gasteiger partial charge in [-0.1, -0.05) is 23.5 Å². The van der Waals surface area contributed by atoms with Crippen LogP contribution in [-0.2, 0) is 5.75 Å². The van der Waals surface area contributed by atoms with Gasteiger partial charge in [0.2, 0.25) is 0 Å². The second kappa shape index (κ2) is 4.48. The molecule has 0 spiro atoms. The van der Waals surface area contributed by atoms with Crippen molar-refractivity contribution >= 4 is 39.2 Å². The van der Waals surface area contributed by atoms with E-state index in [1.807, 2.05) is 17.3 Å². The van der Waals surface area contributed by atoms with Crippen LogP contribution in [0.4, 0.5) is 0 Å². The molecule has 1 aromatic rings. The molecule has 0 saturated heterocycles. The lowest BCUT2D eigenvalue weighted by atomic mass is 10.4. The number of hydrogen-bond acceptors (Lipinski definition) is 5. The molecule has 0 aromatic carbocycles. The molecule has 0 amide bonds. The number of thiazole rings is 1. The fourth-order valence-corrected chi connectivity index (χ4v) is 3.74. The van der Waals surface area contributed by atoms with Crippen LogP contribution < -0.4 is 0 Å². The third-order valence-electron chi connectivity index (χ3n) is 1.60. The standard InChI is InChI=1S/C8H10N2S3/c1-6-2-12-8(10-6)13-4-7-3-11-5-9-7/h3,5-6H,2,4H2,1H3. The van der Waals surface area contributed by atoms with E-state index in [9.17, 15) is 0 Å². The Hall–Kier alpha value is -0.000000000000000111. The molecule has 5 heteroatoms. The second-order valence-electron chi connectivity index (χ2n) is 2.82. The normalized spacial score (nSPS) is 21.9. The topological polar surface area (TPSA) is 25.2 Å². The molecule has 2 nitrogen and oxygen atoms in total. The number of aromatic nitrogens is 1. The molecule has 0 saturated carbocycles. The molecule has 1 unspecified atom stereocenters. The Morgan fingerprint density at radius 3 is 3.23 bits per heavy atom. The van der Waals surface area contributed by atoms with E-state index >= 15 is 0 Å². The average Bonchev–Trinajstić information content (AvgIpc) is 2.71. The lowest BCUT2D eigenvalue weighted by Gasteiger charge is -1.95. The molecule has 0 N–H and O–H groups in total. The summed E-state index contributed by atoms with van der Waals surface area (Å²) in [6, 6.07) is 0.503. The quantitative estimate of drug-likeness (QED) is 0.781. The van der Waals surface area contributed by atoms with Gasteiger partial charge in [-0.15, -0.1) is 11.3 Å². The van der Waals surface area contributed by atoms with Gasteiger partial charge in [0.05, 0.1) is 17.2 Å². The highest BCUT2D eigenvalue weighted by atomic mass is 32.2. The van der Waals surface area contributed by atoms with Gasteiger partial charge in [0.15, 0.2) is 0 Å². The molecular weight excluding hydrogens is 220 g/mol. The fraction of sp³-hybridized carbons (Fsp3) is 0.500. The predicted octanol–water partition coefficient (Wildman–Crippen LogP) is 2.87. The zero-order chi connectivity index (χ0) is 9.10. The van der Waals surface area contributed by atoms with Crippen LogP contribution >= 0.6 is 34.9 Å². The summed E-state index contributed by atoms with van der Waals surface area (Å²) in [5.74, 6) is 2.10. The van der Waals surface area contributed by atoms with E-state index in [0.29, 0.717) is 6.04 Å². The van der Waals surface area contributed by atoms with E-state index in [0.717, 1.165) is 17.2 Å². The van der Waals surface area contributed by atoms with Crippen LogP contribution in [0.3, 0.4) is 0 Å². The number of aliphatic imine (C=N–C) groups is 1. The third kappa shape index (κ3) is 2.72. The Bertz CT molecular complexity index is 294. The molecule has 2 heterocycles. The fourth-order valence-electron chi connectivity index (χ4n) is 0.970. The Kier molecular flexibility index (Phi) is 3.29. The zero-order valence-corrected chi connectivity index (χ0v) is 9.71. The number of rotatable bonds is 2. The largest absolute Gasteiger partial charge is 0.268 e. The zero-order valence-electron chi connectivity index (χ0n) is 7.27. The predicted molar refractivity (Wildman–Crippen MR) is 62.8 cm³/mol. The van der Waals surface area contributed by atoms with Crippen LogP contribution in [0.5, 0.6) is 0 Å². The number of nitrogens with zero attached hydrogens (tertiary/aromatic N) is 2. The van der Waals surface area contributed by atoms with Crippen LogP contribution in [0, 0.1) is 0 Å². The molecule has 0 radical (unpaired) electrons. The maximum absolute atomic E-state index is 4.51. The summed E-state index contributed by atoms with van der Waals surface area (Å²) in [7, 11) is 0. The first-order chi connectivity index (χ1) is 6.34. The first-order valence-corrected chi connectivity index (χ1v) is 6.96. The van der Waals surface area contributed by atoms with Crippen molar-refractivity contribution in [1.82, 2.24) is 4.98 Å². The van der Waals surface area contributed by atoms with Crippen molar-refractivity contribution in [3.8, 4) is 0 Å². The van der Waals surface area contributed by atoms with Crippen molar-refractivity contribution in [2.24, 2.45) is 4.99 Å². The van der Waals surface area contributed by atoms with Gasteiger partial charge in [-0.25, -0.2) is 4.98 Å². The SMILES string of the molecule is CC1CSC(SCc2cscn2)=N1. The highest BCUT2D eigenvalue weighted by Crippen LogP contribution is 2.27. The van der Waals surface area contributed by atoms with Crippen molar-refractivity contribution in [2.45, 2.75) is 18.7 Å². The molecule has 2 rings (SSSR count). The maximum Gasteiger partial charge on any atom is 0.125 e. The molecule has 0 aliphatic carbocycles. The minimum atomic E-state index is 0.503. The first-order valence-electron chi connectivity index (χ1n) is 4.05. The highest BCUT2D eigenvalue weighted by molar-refractivity contribution is 8.38. The first kappa shape index (κ1) is 9.55. The molecular formula is C8H10N2S3. The Balaban J connectivity index is 1.83. The number of hydrogen-bond donors (Lipinski definition) is 0. The minimum Gasteiger partial charge on any atom is -0.268 e. The third-order valence-corrected chi connectivity index (χ3v) is 4.74. The van der Waals surface area contributed by atoms with Crippen LogP contribution in [-0.4, -0.2) is 21.2 Å². The van der Waals surface area contributed by atoms with E-state index in [-0.39, 0.29) is 0 Å². The Morgan fingerprint density at radius 2 is 2.62 bits per heavy atom. The molecule has 1 aliphatic heterocycles. The van der Waals surface area contributed by atoms with E-state index < -0.39 is 0 Å². The van der Waals surface area contributed by atoms with Gasteiger partial charge in [0, 0.05) is 16.9 Å². The maximum atomic E-state index is 4.51. The van der Waals surface area contributed by atoms with Gasteiger partial charge in [0.25, 0.3) is 0 Å². The second-order valence-corrected chi connectivity index (χ2v) is 5.77. The molecule has 1 aliphatic rings. The van der Waals surface area contributed by atoms with E-state index in [1.54, 1.807) is 23.1 Å². The van der Waals surface area contributed by atoms with Gasteiger partial charge in [-0.3, -0.25) is 4.99 Å². The molecule has 0 bridgehead atoms. The van der Waals surface area contributed by atoms with Gasteiger partial charge in [0.1, 0.15) is 4.38 Å². The summed E-state index contributed by atoms with van der Waals surface area (Å²) in [5.41, 5.74) is 3.04. The Morgan fingerprint density at radius 1 is 1.69 bits per heavy atom. The number of thioether (sulfide) groups is 2. The van der Waals surface area contributed by atoms with Gasteiger partial charge in [-0.05, 0) is 6.92 Å². The lowest BCUT2D eigenvalue weighted by Crippen LogP contribution is -1.92. The molecule has 0 fully saturated rings. The molecule has 13 heavy (non-hydrogen) atoms. The Labute approximate surface area is 90.3 Å². The monoisotopic (exact) mass is 230 g/mol. The van der Waals surface area contributed by atoms with Crippen molar-refractivity contribution in [3.63, 3.8) is 0 Å². The van der Waals surface area contributed by atoms with E-state index in [1.165, 1.54) is 4.38 Å². The average molecular weight is 230 g/mol. The van der Waals surface area contributed by atoms with E-state index in [2.05, 4.69) is 22.3 Å². The highest BCUT2D eigenvalue weighted by Gasteiger charge is 2.14. The van der Waals surface area contributed by atoms with Gasteiger partial charge < -0.3 is 0 Å². The molecule has 1 aromatic heterocycles. The smallest absolute Gasteiger partial charge is 0.125 e. The summed E-state index contributed by atoms with van der Waals surface area (Å²) in [5, 5.41) is 2.09. The van der Waals surface area contributed by atoms with Crippen molar-refractivity contribution in [2.75, 3.05) is 5.75 Å². The van der Waals surface area contributed by atoms with Gasteiger partial charge >= 0.3 is 0 Å². The molecule has 1 atom stereocenters. The summed E-state index contributed by atoms with van der Waals surface area (Å²) in [6.45, 7) is 2.16. The van der Waals surface area contributed by atoms with Crippen LogP contribution in [0.2, 0.25) is 0 Å². The van der Waals surface area contributed by atoms with Crippen LogP contribution in [0.1, 0.15) is 12.6 Å². The van der Waals surface area contributed by atoms with Crippen molar-refractivity contribution < 1.29 is 0 Å². The van der Waals surface area contributed by atoms with E-state index in [4.69, 9.17) is 0 Å².